The van der Waals surface area contributed by atoms with Crippen molar-refractivity contribution in [1.29, 1.82) is 0 Å². The Morgan fingerprint density at radius 1 is 1.15 bits per heavy atom. The fourth-order valence-corrected chi connectivity index (χ4v) is 3.90. The van der Waals surface area contributed by atoms with Gasteiger partial charge in [-0.15, -0.1) is 11.3 Å². The van der Waals surface area contributed by atoms with Crippen molar-refractivity contribution in [1.82, 2.24) is 15.3 Å². The Bertz CT molecular complexity index is 882. The first-order valence-electron chi connectivity index (χ1n) is 8.31. The number of anilines is 1. The van der Waals surface area contributed by atoms with Crippen molar-refractivity contribution in [3.8, 4) is 11.3 Å². The van der Waals surface area contributed by atoms with Gasteiger partial charge in [-0.25, -0.2) is 9.78 Å². The third kappa shape index (κ3) is 4.05. The molecular formula is C19H20N4OS2. The number of fused-ring (bicyclic) bond motifs is 1. The van der Waals surface area contributed by atoms with Crippen molar-refractivity contribution in [3.05, 3.63) is 65.3 Å². The van der Waals surface area contributed by atoms with E-state index in [9.17, 15) is 4.79 Å². The minimum absolute atomic E-state index is 0. The number of hydrogen-bond donors (Lipinski definition) is 2. The molecule has 134 valence electrons. The molecule has 2 heterocycles. The molecule has 1 aliphatic rings. The lowest BCUT2D eigenvalue weighted by atomic mass is 9.88. The Labute approximate surface area is 163 Å². The molecule has 2 amide bonds. The normalized spacial score (nSPS) is 15.5. The topological polar surface area (TPSA) is 66.9 Å². The second-order valence-electron chi connectivity index (χ2n) is 6.02. The van der Waals surface area contributed by atoms with E-state index in [1.54, 1.807) is 12.4 Å². The molecule has 7 heteroatoms. The maximum atomic E-state index is 12.4. The van der Waals surface area contributed by atoms with Gasteiger partial charge in [-0.1, -0.05) is 24.3 Å². The Hall–Kier alpha value is -2.38. The molecule has 4 rings (SSSR count). The number of carbonyl (C=O) groups is 1. The number of nitrogens with zero attached hydrogens (tertiary/aromatic N) is 2. The molecule has 2 N–H and O–H groups in total. The minimum atomic E-state index is -0.211. The highest BCUT2D eigenvalue weighted by Gasteiger charge is 2.21. The summed E-state index contributed by atoms with van der Waals surface area (Å²) < 4.78 is 0. The molecule has 1 atom stereocenters. The summed E-state index contributed by atoms with van der Waals surface area (Å²) in [5.41, 5.74) is 4.38. The molecule has 0 unspecified atom stereocenters. The fourth-order valence-electron chi connectivity index (χ4n) is 3.18. The summed E-state index contributed by atoms with van der Waals surface area (Å²) in [6, 6.07) is 12.0. The lowest BCUT2D eigenvalue weighted by Crippen LogP contribution is -2.34. The Kier molecular flexibility index (Phi) is 5.90. The van der Waals surface area contributed by atoms with Crippen LogP contribution in [0.15, 0.2) is 54.2 Å². The van der Waals surface area contributed by atoms with Crippen molar-refractivity contribution in [2.45, 2.75) is 25.3 Å². The molecule has 0 radical (unpaired) electrons. The first kappa shape index (κ1) is 18.4. The number of nitrogens with one attached hydrogen (secondary N) is 2. The number of aromatic nitrogens is 2. The maximum Gasteiger partial charge on any atom is 0.321 e. The molecule has 0 bridgehead atoms. The van der Waals surface area contributed by atoms with E-state index in [4.69, 9.17) is 0 Å². The molecule has 1 aromatic carbocycles. The standard InChI is InChI=1S/C19H18N4OS.H2S/c24-18(21-16-7-3-5-13-4-1-2-6-15(13)16)23-19-22-17(12-25-19)14-8-10-20-11-9-14;/h1-2,4,6,8-12,16H,3,5,7H2,(H2,21,22,23,24);1H2/t16-;/m0./s1. The van der Waals surface area contributed by atoms with Crippen LogP contribution < -0.4 is 10.6 Å². The molecule has 1 aliphatic carbocycles. The van der Waals surface area contributed by atoms with Crippen LogP contribution in [0.4, 0.5) is 9.93 Å². The lowest BCUT2D eigenvalue weighted by Gasteiger charge is -2.26. The van der Waals surface area contributed by atoms with Crippen LogP contribution in [0.2, 0.25) is 0 Å². The summed E-state index contributed by atoms with van der Waals surface area (Å²) >= 11 is 1.42. The monoisotopic (exact) mass is 384 g/mol. The van der Waals surface area contributed by atoms with Crippen LogP contribution in [0, 0.1) is 0 Å². The predicted octanol–water partition coefficient (Wildman–Crippen LogP) is 4.52. The highest BCUT2D eigenvalue weighted by Crippen LogP contribution is 2.30. The molecule has 3 aromatic rings. The number of hydrogen-bond acceptors (Lipinski definition) is 4. The third-order valence-corrected chi connectivity index (χ3v) is 5.13. The van der Waals surface area contributed by atoms with E-state index in [0.29, 0.717) is 5.13 Å². The van der Waals surface area contributed by atoms with Gasteiger partial charge in [0.1, 0.15) is 0 Å². The van der Waals surface area contributed by atoms with E-state index in [2.05, 4.69) is 38.8 Å². The van der Waals surface area contributed by atoms with Gasteiger partial charge >= 0.3 is 6.03 Å². The van der Waals surface area contributed by atoms with Gasteiger partial charge in [-0.05, 0) is 42.5 Å². The quantitative estimate of drug-likeness (QED) is 0.698. The van der Waals surface area contributed by atoms with Crippen LogP contribution in [0.25, 0.3) is 11.3 Å². The largest absolute Gasteiger partial charge is 0.331 e. The number of carbonyl (C=O) groups excluding carboxylic acids is 1. The van der Waals surface area contributed by atoms with Gasteiger partial charge in [0.25, 0.3) is 0 Å². The average Bonchev–Trinajstić information content (AvgIpc) is 3.11. The highest BCUT2D eigenvalue weighted by atomic mass is 32.1. The smallest absolute Gasteiger partial charge is 0.321 e. The van der Waals surface area contributed by atoms with Crippen molar-refractivity contribution < 1.29 is 4.79 Å². The Morgan fingerprint density at radius 3 is 2.81 bits per heavy atom. The SMILES string of the molecule is O=C(Nc1nc(-c2ccncc2)cs1)N[C@H]1CCCc2ccccc21.S. The van der Waals surface area contributed by atoms with Crippen LogP contribution in [0.5, 0.6) is 0 Å². The van der Waals surface area contributed by atoms with Crippen molar-refractivity contribution in [3.63, 3.8) is 0 Å². The van der Waals surface area contributed by atoms with Crippen LogP contribution in [0.1, 0.15) is 30.0 Å². The lowest BCUT2D eigenvalue weighted by molar-refractivity contribution is 0.247. The molecule has 0 spiro atoms. The van der Waals surface area contributed by atoms with Crippen molar-refractivity contribution in [2.75, 3.05) is 5.32 Å². The molecule has 0 saturated carbocycles. The fraction of sp³-hybridized carbons (Fsp3) is 0.211. The number of pyridine rings is 1. The summed E-state index contributed by atoms with van der Waals surface area (Å²) in [5, 5.41) is 8.45. The first-order chi connectivity index (χ1) is 12.3. The zero-order chi connectivity index (χ0) is 17.1. The van der Waals surface area contributed by atoms with E-state index >= 15 is 0 Å². The van der Waals surface area contributed by atoms with Gasteiger partial charge in [0.15, 0.2) is 5.13 Å². The van der Waals surface area contributed by atoms with Crippen LogP contribution >= 0.6 is 24.8 Å². The second-order valence-corrected chi connectivity index (χ2v) is 6.87. The summed E-state index contributed by atoms with van der Waals surface area (Å²) in [6.45, 7) is 0. The number of benzene rings is 1. The molecule has 26 heavy (non-hydrogen) atoms. The highest BCUT2D eigenvalue weighted by molar-refractivity contribution is 7.59. The van der Waals surface area contributed by atoms with Crippen molar-refractivity contribution >= 4 is 36.0 Å². The summed E-state index contributed by atoms with van der Waals surface area (Å²) in [5.74, 6) is 0. The average molecular weight is 385 g/mol. The Morgan fingerprint density at radius 2 is 1.96 bits per heavy atom. The van der Waals surface area contributed by atoms with Gasteiger partial charge in [0.2, 0.25) is 0 Å². The number of aryl methyl sites for hydroxylation is 1. The van der Waals surface area contributed by atoms with Crippen LogP contribution in [-0.4, -0.2) is 16.0 Å². The molecule has 5 nitrogen and oxygen atoms in total. The zero-order valence-corrected chi connectivity index (χ0v) is 15.9. The number of amides is 2. The maximum absolute atomic E-state index is 12.4. The van der Waals surface area contributed by atoms with E-state index in [1.807, 2.05) is 23.6 Å². The summed E-state index contributed by atoms with van der Waals surface area (Å²) in [4.78, 5) is 20.9. The van der Waals surface area contributed by atoms with E-state index < -0.39 is 0 Å². The number of thiazole rings is 1. The van der Waals surface area contributed by atoms with Crippen LogP contribution in [0.3, 0.4) is 0 Å². The number of urea groups is 1. The van der Waals surface area contributed by atoms with E-state index in [1.165, 1.54) is 22.5 Å². The second kappa shape index (κ2) is 8.33. The minimum Gasteiger partial charge on any atom is -0.331 e. The van der Waals surface area contributed by atoms with E-state index in [0.717, 1.165) is 30.5 Å². The van der Waals surface area contributed by atoms with Crippen LogP contribution in [-0.2, 0) is 6.42 Å². The molecule has 2 aromatic heterocycles. The van der Waals surface area contributed by atoms with Gasteiger partial charge in [-0.2, -0.15) is 13.5 Å². The van der Waals surface area contributed by atoms with Gasteiger partial charge < -0.3 is 5.32 Å². The van der Waals surface area contributed by atoms with Gasteiger partial charge in [0, 0.05) is 23.3 Å². The summed E-state index contributed by atoms with van der Waals surface area (Å²) in [7, 11) is 0. The molecule has 0 aliphatic heterocycles. The molecule has 0 fully saturated rings. The molecular weight excluding hydrogens is 364 g/mol. The number of rotatable bonds is 3. The zero-order valence-electron chi connectivity index (χ0n) is 14.1. The summed E-state index contributed by atoms with van der Waals surface area (Å²) in [6.07, 6.45) is 6.59. The van der Waals surface area contributed by atoms with Gasteiger partial charge in [-0.3, -0.25) is 10.3 Å². The Balaban J connectivity index is 0.00000196. The predicted molar refractivity (Wildman–Crippen MR) is 110 cm³/mol. The third-order valence-electron chi connectivity index (χ3n) is 4.38. The van der Waals surface area contributed by atoms with E-state index in [-0.39, 0.29) is 25.6 Å². The first-order valence-corrected chi connectivity index (χ1v) is 9.19. The van der Waals surface area contributed by atoms with Gasteiger partial charge in [0.05, 0.1) is 11.7 Å². The molecule has 0 saturated heterocycles. The van der Waals surface area contributed by atoms with Crippen molar-refractivity contribution in [2.24, 2.45) is 0 Å².